The highest BCUT2D eigenvalue weighted by Gasteiger charge is 2.19. The molecular weight excluding hydrogens is 176 g/mol. The van der Waals surface area contributed by atoms with Crippen molar-refractivity contribution >= 4 is 5.91 Å². The van der Waals surface area contributed by atoms with E-state index in [1.807, 2.05) is 12.1 Å². The van der Waals surface area contributed by atoms with Crippen LogP contribution in [0.4, 0.5) is 0 Å². The number of nitrogens with one attached hydrogen (secondary N) is 2. The molecule has 0 spiro atoms. The largest absolute Gasteiger partial charge is 0.348 e. The molecule has 1 amide bonds. The molecule has 0 saturated carbocycles. The fourth-order valence-electron chi connectivity index (χ4n) is 1.87. The first-order valence-electron chi connectivity index (χ1n) is 4.83. The Balaban J connectivity index is 2.26. The van der Waals surface area contributed by atoms with Gasteiger partial charge in [0.25, 0.3) is 0 Å². The van der Waals surface area contributed by atoms with Gasteiger partial charge in [-0.3, -0.25) is 4.79 Å². The van der Waals surface area contributed by atoms with Gasteiger partial charge >= 0.3 is 0 Å². The minimum atomic E-state index is 0.0218. The monoisotopic (exact) mass is 190 g/mol. The molecule has 0 aromatic heterocycles. The van der Waals surface area contributed by atoms with E-state index in [4.69, 9.17) is 0 Å². The average molecular weight is 190 g/mol. The van der Waals surface area contributed by atoms with Crippen LogP contribution in [0.25, 0.3) is 0 Å². The predicted molar refractivity (Wildman–Crippen MR) is 54.7 cm³/mol. The fraction of sp³-hybridized carbons (Fsp3) is 0.364. The highest BCUT2D eigenvalue weighted by Crippen LogP contribution is 2.21. The molecule has 0 bridgehead atoms. The summed E-state index contributed by atoms with van der Waals surface area (Å²) in [6.07, 6.45) is 0. The number of benzene rings is 1. The molecule has 1 unspecified atom stereocenters. The third kappa shape index (κ3) is 1.77. The van der Waals surface area contributed by atoms with E-state index in [0.717, 1.165) is 13.1 Å². The highest BCUT2D eigenvalue weighted by molar-refractivity contribution is 5.73. The summed E-state index contributed by atoms with van der Waals surface area (Å²) in [4.78, 5) is 11.0. The van der Waals surface area contributed by atoms with Gasteiger partial charge in [0.1, 0.15) is 0 Å². The van der Waals surface area contributed by atoms with Crippen LogP contribution in [0.15, 0.2) is 24.3 Å². The van der Waals surface area contributed by atoms with Crippen LogP contribution in [0.1, 0.15) is 24.1 Å². The maximum absolute atomic E-state index is 11.0. The Kier molecular flexibility index (Phi) is 2.50. The topological polar surface area (TPSA) is 41.1 Å². The van der Waals surface area contributed by atoms with E-state index < -0.39 is 0 Å². The lowest BCUT2D eigenvalue weighted by Crippen LogP contribution is -2.38. The second-order valence-electron chi connectivity index (χ2n) is 3.58. The van der Waals surface area contributed by atoms with Gasteiger partial charge in [0.2, 0.25) is 5.91 Å². The molecule has 1 aliphatic rings. The Bertz CT molecular complexity index is 349. The lowest BCUT2D eigenvalue weighted by atomic mass is 9.97. The number of carbonyl (C=O) groups excluding carboxylic acids is 1. The van der Waals surface area contributed by atoms with Crippen LogP contribution in [-0.4, -0.2) is 12.5 Å². The molecule has 3 nitrogen and oxygen atoms in total. The molecule has 74 valence electrons. The summed E-state index contributed by atoms with van der Waals surface area (Å²) in [5.74, 6) is 0.0218. The van der Waals surface area contributed by atoms with Crippen LogP contribution < -0.4 is 10.6 Å². The number of fused-ring (bicyclic) bond motifs is 1. The number of carbonyl (C=O) groups is 1. The van der Waals surface area contributed by atoms with Crippen molar-refractivity contribution in [3.8, 4) is 0 Å². The van der Waals surface area contributed by atoms with E-state index in [2.05, 4.69) is 22.8 Å². The van der Waals surface area contributed by atoms with Gasteiger partial charge in [-0.05, 0) is 11.1 Å². The normalized spacial score (nSPS) is 19.9. The van der Waals surface area contributed by atoms with Crippen molar-refractivity contribution in [3.05, 3.63) is 35.4 Å². The van der Waals surface area contributed by atoms with E-state index in [0.29, 0.717) is 0 Å². The van der Waals surface area contributed by atoms with Crippen molar-refractivity contribution in [1.29, 1.82) is 0 Å². The molecule has 0 aliphatic carbocycles. The van der Waals surface area contributed by atoms with Crippen LogP contribution in [-0.2, 0) is 11.3 Å². The van der Waals surface area contributed by atoms with Gasteiger partial charge in [-0.2, -0.15) is 0 Å². The molecule has 1 aromatic carbocycles. The van der Waals surface area contributed by atoms with E-state index in [1.54, 1.807) is 6.92 Å². The van der Waals surface area contributed by atoms with E-state index >= 15 is 0 Å². The van der Waals surface area contributed by atoms with E-state index in [1.165, 1.54) is 11.1 Å². The van der Waals surface area contributed by atoms with Crippen LogP contribution in [0.2, 0.25) is 0 Å². The second-order valence-corrected chi connectivity index (χ2v) is 3.58. The number of hydrogen-bond donors (Lipinski definition) is 2. The third-order valence-corrected chi connectivity index (χ3v) is 2.47. The number of amides is 1. The van der Waals surface area contributed by atoms with Crippen molar-refractivity contribution < 1.29 is 4.79 Å². The summed E-state index contributed by atoms with van der Waals surface area (Å²) < 4.78 is 0. The predicted octanol–water partition coefficient (Wildman–Crippen LogP) is 0.967. The van der Waals surface area contributed by atoms with E-state index in [9.17, 15) is 4.79 Å². The lowest BCUT2D eigenvalue weighted by molar-refractivity contribution is -0.119. The Labute approximate surface area is 83.5 Å². The minimum Gasteiger partial charge on any atom is -0.348 e. The van der Waals surface area contributed by atoms with Crippen LogP contribution >= 0.6 is 0 Å². The first-order chi connectivity index (χ1) is 6.77. The van der Waals surface area contributed by atoms with Crippen molar-refractivity contribution in [3.63, 3.8) is 0 Å². The molecule has 0 radical (unpaired) electrons. The van der Waals surface area contributed by atoms with Crippen LogP contribution in [0.3, 0.4) is 0 Å². The molecule has 0 fully saturated rings. The van der Waals surface area contributed by atoms with Gasteiger partial charge in [-0.15, -0.1) is 0 Å². The standard InChI is InChI=1S/C11H14N2O/c1-8(14)13-11-7-12-6-9-4-2-3-5-10(9)11/h2-5,11-12H,6-7H2,1H3,(H,13,14). The molecule has 3 heteroatoms. The minimum absolute atomic E-state index is 0.0218. The Hall–Kier alpha value is -1.35. The Morgan fingerprint density at radius 2 is 2.29 bits per heavy atom. The molecule has 1 aliphatic heterocycles. The third-order valence-electron chi connectivity index (χ3n) is 2.47. The first-order valence-corrected chi connectivity index (χ1v) is 4.83. The summed E-state index contributed by atoms with van der Waals surface area (Å²) >= 11 is 0. The van der Waals surface area contributed by atoms with Crippen molar-refractivity contribution in [2.45, 2.75) is 19.5 Å². The zero-order chi connectivity index (χ0) is 9.97. The molecule has 2 N–H and O–H groups in total. The smallest absolute Gasteiger partial charge is 0.217 e. The van der Waals surface area contributed by atoms with Gasteiger partial charge in [0.05, 0.1) is 6.04 Å². The van der Waals surface area contributed by atoms with Crippen LogP contribution in [0.5, 0.6) is 0 Å². The van der Waals surface area contributed by atoms with Gasteiger partial charge in [0.15, 0.2) is 0 Å². The fourth-order valence-corrected chi connectivity index (χ4v) is 1.87. The highest BCUT2D eigenvalue weighted by atomic mass is 16.1. The van der Waals surface area contributed by atoms with Crippen LogP contribution in [0, 0.1) is 0 Å². The molecule has 0 saturated heterocycles. The zero-order valence-electron chi connectivity index (χ0n) is 8.21. The quantitative estimate of drug-likeness (QED) is 0.692. The summed E-state index contributed by atoms with van der Waals surface area (Å²) in [7, 11) is 0. The SMILES string of the molecule is CC(=O)NC1CNCc2ccccc21. The van der Waals surface area contributed by atoms with Gasteiger partial charge in [-0.1, -0.05) is 24.3 Å². The average Bonchev–Trinajstić information content (AvgIpc) is 2.18. The first kappa shape index (κ1) is 9.21. The zero-order valence-corrected chi connectivity index (χ0v) is 8.21. The maximum atomic E-state index is 11.0. The molecule has 2 rings (SSSR count). The lowest BCUT2D eigenvalue weighted by Gasteiger charge is -2.26. The van der Waals surface area contributed by atoms with Crippen molar-refractivity contribution in [2.24, 2.45) is 0 Å². The summed E-state index contributed by atoms with van der Waals surface area (Å²) in [6, 6.07) is 8.33. The Morgan fingerprint density at radius 3 is 3.07 bits per heavy atom. The molecule has 1 heterocycles. The molecule has 14 heavy (non-hydrogen) atoms. The molecule has 1 atom stereocenters. The Morgan fingerprint density at radius 1 is 1.50 bits per heavy atom. The van der Waals surface area contributed by atoms with Gasteiger partial charge in [0, 0.05) is 20.0 Å². The molecule has 1 aromatic rings. The number of rotatable bonds is 1. The van der Waals surface area contributed by atoms with Gasteiger partial charge < -0.3 is 10.6 Å². The second kappa shape index (κ2) is 3.80. The number of hydrogen-bond acceptors (Lipinski definition) is 2. The summed E-state index contributed by atoms with van der Waals surface area (Å²) in [5.41, 5.74) is 2.51. The molecular formula is C11H14N2O. The van der Waals surface area contributed by atoms with Crippen molar-refractivity contribution in [1.82, 2.24) is 10.6 Å². The summed E-state index contributed by atoms with van der Waals surface area (Å²) in [6.45, 7) is 3.26. The van der Waals surface area contributed by atoms with E-state index in [-0.39, 0.29) is 11.9 Å². The van der Waals surface area contributed by atoms with Crippen molar-refractivity contribution in [2.75, 3.05) is 6.54 Å². The maximum Gasteiger partial charge on any atom is 0.217 e. The van der Waals surface area contributed by atoms with Gasteiger partial charge in [-0.25, -0.2) is 0 Å². The summed E-state index contributed by atoms with van der Waals surface area (Å²) in [5, 5.41) is 6.22.